The molecule has 0 radical (unpaired) electrons. The van der Waals surface area contributed by atoms with Crippen LogP contribution in [0.3, 0.4) is 0 Å². The highest BCUT2D eigenvalue weighted by Crippen LogP contribution is 2.51. The lowest BCUT2D eigenvalue weighted by Gasteiger charge is -2.41. The molecule has 1 fully saturated rings. The van der Waals surface area contributed by atoms with Gasteiger partial charge in [-0.25, -0.2) is 0 Å². The topological polar surface area (TPSA) is 44.4 Å². The minimum Gasteiger partial charge on any atom is -0.356 e. The van der Waals surface area contributed by atoms with Gasteiger partial charge in [0.15, 0.2) is 0 Å². The molecule has 0 aliphatic carbocycles. The molecule has 4 rings (SSSR count). The summed E-state index contributed by atoms with van der Waals surface area (Å²) in [7, 11) is 0. The number of anilines is 2. The summed E-state index contributed by atoms with van der Waals surface area (Å²) in [5.74, 6) is 0.113. The van der Waals surface area contributed by atoms with E-state index in [-0.39, 0.29) is 11.3 Å². The van der Waals surface area contributed by atoms with Crippen molar-refractivity contribution in [3.63, 3.8) is 0 Å². The van der Waals surface area contributed by atoms with Crippen molar-refractivity contribution < 1.29 is 4.79 Å². The first kappa shape index (κ1) is 10.4. The summed E-state index contributed by atoms with van der Waals surface area (Å²) in [6.07, 6.45) is 1.11. The monoisotopic (exact) mass is 243 g/mol. The molecule has 0 aromatic heterocycles. The number of para-hydroxylation sites is 1. The Morgan fingerprint density at radius 3 is 3.22 bits per heavy atom. The van der Waals surface area contributed by atoms with E-state index in [1.165, 1.54) is 11.3 Å². The minimum absolute atomic E-state index is 0.113. The van der Waals surface area contributed by atoms with E-state index in [9.17, 15) is 4.79 Å². The predicted octanol–water partition coefficient (Wildman–Crippen LogP) is 1.08. The zero-order valence-electron chi connectivity index (χ0n) is 10.5. The van der Waals surface area contributed by atoms with Crippen molar-refractivity contribution in [1.82, 2.24) is 5.32 Å². The molecule has 1 unspecified atom stereocenters. The van der Waals surface area contributed by atoms with Gasteiger partial charge in [0, 0.05) is 18.0 Å². The Balaban J connectivity index is 1.95. The lowest BCUT2D eigenvalue weighted by Crippen LogP contribution is -2.55. The van der Waals surface area contributed by atoms with Crippen molar-refractivity contribution in [2.45, 2.75) is 24.8 Å². The van der Waals surface area contributed by atoms with Crippen LogP contribution in [0.25, 0.3) is 0 Å². The number of piperidine rings is 1. The fourth-order valence-electron chi connectivity index (χ4n) is 3.90. The zero-order chi connectivity index (χ0) is 12.3. The first-order chi connectivity index (χ1) is 8.70. The quantitative estimate of drug-likeness (QED) is 0.716. The van der Waals surface area contributed by atoms with Crippen molar-refractivity contribution in [2.75, 3.05) is 29.9 Å². The number of carbonyl (C=O) groups excluding carboxylic acids is 1. The van der Waals surface area contributed by atoms with Crippen LogP contribution in [0.2, 0.25) is 0 Å². The third-order valence-corrected chi connectivity index (χ3v) is 4.73. The van der Waals surface area contributed by atoms with E-state index < -0.39 is 0 Å². The second-order valence-corrected chi connectivity index (χ2v) is 5.78. The molecule has 1 amide bonds. The summed E-state index contributed by atoms with van der Waals surface area (Å²) in [5, 5.41) is 6.50. The van der Waals surface area contributed by atoms with Gasteiger partial charge in [0.05, 0.1) is 17.9 Å². The molecule has 1 saturated heterocycles. The number of amides is 1. The van der Waals surface area contributed by atoms with Gasteiger partial charge < -0.3 is 15.5 Å². The van der Waals surface area contributed by atoms with Gasteiger partial charge >= 0.3 is 0 Å². The molecular weight excluding hydrogens is 226 g/mol. The summed E-state index contributed by atoms with van der Waals surface area (Å²) >= 11 is 0. The molecule has 4 nitrogen and oxygen atoms in total. The number of rotatable bonds is 0. The van der Waals surface area contributed by atoms with Gasteiger partial charge in [0.1, 0.15) is 0 Å². The average molecular weight is 243 g/mol. The van der Waals surface area contributed by atoms with Gasteiger partial charge in [0.2, 0.25) is 5.91 Å². The molecule has 18 heavy (non-hydrogen) atoms. The Morgan fingerprint density at radius 2 is 2.33 bits per heavy atom. The third-order valence-electron chi connectivity index (χ3n) is 4.73. The highest BCUT2D eigenvalue weighted by atomic mass is 16.2. The summed E-state index contributed by atoms with van der Waals surface area (Å²) in [6, 6.07) is 6.74. The standard InChI is InChI=1S/C14H17N3O/c1-14-8-15-6-5-11(14)17-7-12(18)16-10-4-2-3-9(14)13(10)17/h2-4,11,15H,5-8H2,1H3,(H,16,18)/t11?,14-/m0/s1. The molecule has 4 heteroatoms. The van der Waals surface area contributed by atoms with Gasteiger partial charge in [-0.05, 0) is 24.6 Å². The SMILES string of the molecule is C[C@@]12CNCCC1N1CC(=O)Nc3cccc2c31. The minimum atomic E-state index is 0.113. The second-order valence-electron chi connectivity index (χ2n) is 5.78. The largest absolute Gasteiger partial charge is 0.356 e. The van der Waals surface area contributed by atoms with Gasteiger partial charge in [0.25, 0.3) is 0 Å². The summed E-state index contributed by atoms with van der Waals surface area (Å²) < 4.78 is 0. The Kier molecular flexibility index (Phi) is 1.88. The molecule has 2 N–H and O–H groups in total. The van der Waals surface area contributed by atoms with E-state index >= 15 is 0 Å². The van der Waals surface area contributed by atoms with Crippen LogP contribution in [-0.2, 0) is 10.2 Å². The Labute approximate surface area is 106 Å². The van der Waals surface area contributed by atoms with Crippen LogP contribution < -0.4 is 15.5 Å². The van der Waals surface area contributed by atoms with Gasteiger partial charge in [-0.15, -0.1) is 0 Å². The fraction of sp³-hybridized carbons (Fsp3) is 0.500. The molecule has 3 aliphatic heterocycles. The van der Waals surface area contributed by atoms with E-state index in [1.807, 2.05) is 6.07 Å². The Hall–Kier alpha value is -1.55. The van der Waals surface area contributed by atoms with E-state index in [0.717, 1.165) is 25.2 Å². The van der Waals surface area contributed by atoms with Gasteiger partial charge in [-0.1, -0.05) is 19.1 Å². The maximum absolute atomic E-state index is 11.8. The number of fused-ring (bicyclic) bond motifs is 3. The van der Waals surface area contributed by atoms with Crippen molar-refractivity contribution in [3.05, 3.63) is 23.8 Å². The van der Waals surface area contributed by atoms with Crippen LogP contribution >= 0.6 is 0 Å². The zero-order valence-corrected chi connectivity index (χ0v) is 10.5. The molecule has 3 heterocycles. The van der Waals surface area contributed by atoms with Crippen molar-refractivity contribution >= 4 is 17.3 Å². The molecule has 1 aromatic carbocycles. The van der Waals surface area contributed by atoms with Crippen LogP contribution in [-0.4, -0.2) is 31.6 Å². The van der Waals surface area contributed by atoms with Crippen molar-refractivity contribution in [1.29, 1.82) is 0 Å². The van der Waals surface area contributed by atoms with E-state index in [0.29, 0.717) is 12.6 Å². The Bertz CT molecular complexity index is 542. The number of hydrogen-bond acceptors (Lipinski definition) is 3. The molecule has 3 aliphatic rings. The summed E-state index contributed by atoms with van der Waals surface area (Å²) in [5.41, 5.74) is 3.76. The highest BCUT2D eigenvalue weighted by Gasteiger charge is 2.51. The number of carbonyl (C=O) groups is 1. The lowest BCUT2D eigenvalue weighted by atomic mass is 9.75. The van der Waals surface area contributed by atoms with Crippen molar-refractivity contribution in [3.8, 4) is 0 Å². The van der Waals surface area contributed by atoms with Gasteiger partial charge in [-0.3, -0.25) is 4.79 Å². The van der Waals surface area contributed by atoms with Crippen molar-refractivity contribution in [2.24, 2.45) is 0 Å². The fourth-order valence-corrected chi connectivity index (χ4v) is 3.90. The molecule has 0 bridgehead atoms. The number of hydrogen-bond donors (Lipinski definition) is 2. The first-order valence-corrected chi connectivity index (χ1v) is 6.61. The first-order valence-electron chi connectivity index (χ1n) is 6.61. The van der Waals surface area contributed by atoms with Crippen LogP contribution in [0.4, 0.5) is 11.4 Å². The summed E-state index contributed by atoms with van der Waals surface area (Å²) in [6.45, 7) is 4.87. The summed E-state index contributed by atoms with van der Waals surface area (Å²) in [4.78, 5) is 14.2. The average Bonchev–Trinajstić information content (AvgIpc) is 2.61. The molecular formula is C14H17N3O. The van der Waals surface area contributed by atoms with Crippen LogP contribution in [0, 0.1) is 0 Å². The molecule has 94 valence electrons. The molecule has 0 saturated carbocycles. The molecule has 0 spiro atoms. The number of benzene rings is 1. The van der Waals surface area contributed by atoms with Crippen LogP contribution in [0.1, 0.15) is 18.9 Å². The normalized spacial score (nSPS) is 32.8. The van der Waals surface area contributed by atoms with Gasteiger partial charge in [-0.2, -0.15) is 0 Å². The van der Waals surface area contributed by atoms with E-state index in [1.54, 1.807) is 0 Å². The predicted molar refractivity (Wildman–Crippen MR) is 71.0 cm³/mol. The highest BCUT2D eigenvalue weighted by molar-refractivity contribution is 6.03. The van der Waals surface area contributed by atoms with Crippen LogP contribution in [0.15, 0.2) is 18.2 Å². The molecule has 1 aromatic rings. The lowest BCUT2D eigenvalue weighted by molar-refractivity contribution is -0.115. The number of nitrogens with zero attached hydrogens (tertiary/aromatic N) is 1. The Morgan fingerprint density at radius 1 is 1.44 bits per heavy atom. The third kappa shape index (κ3) is 1.11. The van der Waals surface area contributed by atoms with E-state index in [4.69, 9.17) is 0 Å². The maximum Gasteiger partial charge on any atom is 0.243 e. The van der Waals surface area contributed by atoms with E-state index in [2.05, 4.69) is 34.6 Å². The maximum atomic E-state index is 11.8. The van der Waals surface area contributed by atoms with Crippen LogP contribution in [0.5, 0.6) is 0 Å². The smallest absolute Gasteiger partial charge is 0.243 e. The number of nitrogens with one attached hydrogen (secondary N) is 2. The molecule has 2 atom stereocenters. The second kappa shape index (κ2) is 3.26.